The first kappa shape index (κ1) is 22.7. The molecule has 1 N–H and O–H groups in total. The standard InChI is InChI=1S/C21H27F2N3O3S/c1-3-20-13-25(14(2)16-10-17(22)12-18(23)11-16)8-9-26(20)21(27)15-4-6-19(7-5-15)24-30(28)29/h4-6,10-12,14,19-20,24H,3,7-9,13H2,1-2H3,(H,28,29)/p-1/t14?,19?,20-/m0/s1. The number of rotatable bonds is 6. The third-order valence-electron chi connectivity index (χ3n) is 5.76. The molecule has 1 amide bonds. The number of halogens is 2. The quantitative estimate of drug-likeness (QED) is 0.693. The van der Waals surface area contributed by atoms with Gasteiger partial charge in [-0.2, -0.15) is 0 Å². The molecule has 4 atom stereocenters. The van der Waals surface area contributed by atoms with Crippen LogP contribution in [0.3, 0.4) is 0 Å². The summed E-state index contributed by atoms with van der Waals surface area (Å²) in [6, 6.07) is 3.03. The van der Waals surface area contributed by atoms with Gasteiger partial charge in [0, 0.05) is 60.7 Å². The second kappa shape index (κ2) is 9.91. The van der Waals surface area contributed by atoms with Gasteiger partial charge in [-0.05, 0) is 37.5 Å². The summed E-state index contributed by atoms with van der Waals surface area (Å²) in [5.41, 5.74) is 1.13. The van der Waals surface area contributed by atoms with Crippen molar-refractivity contribution >= 4 is 17.2 Å². The van der Waals surface area contributed by atoms with Gasteiger partial charge in [0.2, 0.25) is 0 Å². The highest BCUT2D eigenvalue weighted by Gasteiger charge is 2.33. The summed E-state index contributed by atoms with van der Waals surface area (Å²) < 4.78 is 51.1. The Hall–Kier alpha value is -1.94. The normalized spacial score (nSPS) is 24.4. The third-order valence-corrected chi connectivity index (χ3v) is 6.25. The predicted octanol–water partition coefficient (Wildman–Crippen LogP) is 2.59. The van der Waals surface area contributed by atoms with Gasteiger partial charge in [0.15, 0.2) is 0 Å². The van der Waals surface area contributed by atoms with Gasteiger partial charge in [0.1, 0.15) is 11.6 Å². The molecule has 1 aromatic carbocycles. The third kappa shape index (κ3) is 5.40. The molecule has 3 unspecified atom stereocenters. The topological polar surface area (TPSA) is 75.7 Å². The van der Waals surface area contributed by atoms with Crippen molar-refractivity contribution in [2.24, 2.45) is 0 Å². The minimum atomic E-state index is -2.35. The highest BCUT2D eigenvalue weighted by atomic mass is 32.2. The van der Waals surface area contributed by atoms with Gasteiger partial charge in [0.25, 0.3) is 5.91 Å². The van der Waals surface area contributed by atoms with E-state index < -0.39 is 22.9 Å². The second-order valence-corrected chi connectivity index (χ2v) is 8.35. The Bertz CT molecular complexity index is 857. The molecule has 164 valence electrons. The van der Waals surface area contributed by atoms with E-state index in [1.807, 2.05) is 18.7 Å². The largest absolute Gasteiger partial charge is 0.760 e. The average Bonchev–Trinajstić information content (AvgIpc) is 2.71. The van der Waals surface area contributed by atoms with Gasteiger partial charge in [-0.1, -0.05) is 25.2 Å². The summed E-state index contributed by atoms with van der Waals surface area (Å²) in [5.74, 6) is -1.27. The van der Waals surface area contributed by atoms with Crippen LogP contribution in [0.5, 0.6) is 0 Å². The zero-order valence-corrected chi connectivity index (χ0v) is 17.8. The Morgan fingerprint density at radius 3 is 2.57 bits per heavy atom. The van der Waals surface area contributed by atoms with E-state index in [0.29, 0.717) is 37.2 Å². The van der Waals surface area contributed by atoms with Crippen molar-refractivity contribution in [2.45, 2.75) is 44.8 Å². The van der Waals surface area contributed by atoms with E-state index in [-0.39, 0.29) is 24.0 Å². The van der Waals surface area contributed by atoms with Gasteiger partial charge in [-0.25, -0.2) is 13.5 Å². The van der Waals surface area contributed by atoms with E-state index in [9.17, 15) is 22.3 Å². The summed E-state index contributed by atoms with van der Waals surface area (Å²) in [7, 11) is 0. The Morgan fingerprint density at radius 2 is 2.00 bits per heavy atom. The second-order valence-electron chi connectivity index (χ2n) is 7.65. The molecular formula is C21H26F2N3O3S-. The maximum atomic E-state index is 13.6. The molecule has 9 heteroatoms. The van der Waals surface area contributed by atoms with Crippen molar-refractivity contribution in [2.75, 3.05) is 19.6 Å². The zero-order chi connectivity index (χ0) is 21.8. The maximum absolute atomic E-state index is 13.6. The molecule has 1 aliphatic heterocycles. The van der Waals surface area contributed by atoms with Gasteiger partial charge in [-0.15, -0.1) is 0 Å². The highest BCUT2D eigenvalue weighted by molar-refractivity contribution is 7.77. The number of nitrogens with one attached hydrogen (secondary N) is 1. The molecule has 6 nitrogen and oxygen atoms in total. The zero-order valence-electron chi connectivity index (χ0n) is 17.0. The first-order chi connectivity index (χ1) is 14.3. The van der Waals surface area contributed by atoms with Crippen molar-refractivity contribution in [3.05, 3.63) is 59.2 Å². The molecule has 0 radical (unpaired) electrons. The van der Waals surface area contributed by atoms with Crippen molar-refractivity contribution in [1.29, 1.82) is 0 Å². The lowest BCUT2D eigenvalue weighted by atomic mass is 9.99. The number of amides is 1. The smallest absolute Gasteiger partial charge is 0.253 e. The van der Waals surface area contributed by atoms with E-state index in [0.717, 1.165) is 12.5 Å². The molecule has 1 saturated heterocycles. The molecule has 2 aliphatic rings. The molecule has 3 rings (SSSR count). The fourth-order valence-corrected chi connectivity index (χ4v) is 4.45. The van der Waals surface area contributed by atoms with Crippen LogP contribution >= 0.6 is 0 Å². The lowest BCUT2D eigenvalue weighted by Crippen LogP contribution is -2.55. The fourth-order valence-electron chi connectivity index (χ4n) is 4.03. The van der Waals surface area contributed by atoms with Gasteiger partial charge in [-0.3, -0.25) is 13.9 Å². The van der Waals surface area contributed by atoms with E-state index in [1.54, 1.807) is 18.2 Å². The van der Waals surface area contributed by atoms with Crippen LogP contribution in [0.2, 0.25) is 0 Å². The molecule has 1 heterocycles. The molecular weight excluding hydrogens is 412 g/mol. The molecule has 1 aliphatic carbocycles. The Balaban J connectivity index is 1.66. The molecule has 1 aromatic rings. The molecule has 0 aromatic heterocycles. The van der Waals surface area contributed by atoms with Crippen LogP contribution in [0, 0.1) is 11.6 Å². The van der Waals surface area contributed by atoms with Crippen molar-refractivity contribution in [3.63, 3.8) is 0 Å². The van der Waals surface area contributed by atoms with Crippen molar-refractivity contribution in [3.8, 4) is 0 Å². The van der Waals surface area contributed by atoms with Crippen LogP contribution in [0.25, 0.3) is 0 Å². The van der Waals surface area contributed by atoms with Crippen molar-refractivity contribution in [1.82, 2.24) is 14.5 Å². The number of nitrogens with zero attached hydrogens (tertiary/aromatic N) is 2. The van der Waals surface area contributed by atoms with Crippen LogP contribution in [0.15, 0.2) is 42.0 Å². The van der Waals surface area contributed by atoms with Gasteiger partial charge >= 0.3 is 0 Å². The number of carbonyl (C=O) groups is 1. The van der Waals surface area contributed by atoms with E-state index in [2.05, 4.69) is 9.62 Å². The van der Waals surface area contributed by atoms with Crippen molar-refractivity contribution < 1.29 is 22.3 Å². The van der Waals surface area contributed by atoms with Crippen LogP contribution < -0.4 is 4.72 Å². The molecule has 1 fully saturated rings. The van der Waals surface area contributed by atoms with Crippen LogP contribution in [0.1, 0.15) is 38.3 Å². The summed E-state index contributed by atoms with van der Waals surface area (Å²) in [6.07, 6.45) is 6.27. The lowest BCUT2D eigenvalue weighted by Gasteiger charge is -2.44. The monoisotopic (exact) mass is 438 g/mol. The number of carbonyl (C=O) groups excluding carboxylic acids is 1. The van der Waals surface area contributed by atoms with Gasteiger partial charge in [0.05, 0.1) is 0 Å². The Kier molecular flexibility index (Phi) is 7.51. The first-order valence-corrected chi connectivity index (χ1v) is 11.1. The average molecular weight is 439 g/mol. The van der Waals surface area contributed by atoms with Crippen LogP contribution in [0.4, 0.5) is 8.78 Å². The molecule has 0 spiro atoms. The summed E-state index contributed by atoms with van der Waals surface area (Å²) in [4.78, 5) is 17.0. The number of hydrogen-bond donors (Lipinski definition) is 1. The SMILES string of the molecule is CC[C@H]1CN(C(C)c2cc(F)cc(F)c2)CCN1C(=O)C1=CCC(NS(=O)[O-])C=C1. The van der Waals surface area contributed by atoms with Gasteiger partial charge < -0.3 is 9.45 Å². The Labute approximate surface area is 178 Å². The van der Waals surface area contributed by atoms with E-state index >= 15 is 0 Å². The van der Waals surface area contributed by atoms with E-state index in [4.69, 9.17) is 0 Å². The molecule has 0 bridgehead atoms. The van der Waals surface area contributed by atoms with E-state index in [1.165, 1.54) is 12.1 Å². The molecule has 0 saturated carbocycles. The summed E-state index contributed by atoms with van der Waals surface area (Å²) >= 11 is -2.35. The number of piperazine rings is 1. The number of benzene rings is 1. The maximum Gasteiger partial charge on any atom is 0.253 e. The summed E-state index contributed by atoms with van der Waals surface area (Å²) in [6.45, 7) is 5.64. The van der Waals surface area contributed by atoms with Crippen LogP contribution in [-0.2, 0) is 16.1 Å². The minimum Gasteiger partial charge on any atom is -0.760 e. The number of hydrogen-bond acceptors (Lipinski definition) is 4. The molecule has 30 heavy (non-hydrogen) atoms. The highest BCUT2D eigenvalue weighted by Crippen LogP contribution is 2.27. The first-order valence-electron chi connectivity index (χ1n) is 10.0. The van der Waals surface area contributed by atoms with Crippen LogP contribution in [-0.4, -0.2) is 56.2 Å². The predicted molar refractivity (Wildman–Crippen MR) is 110 cm³/mol. The summed E-state index contributed by atoms with van der Waals surface area (Å²) in [5, 5.41) is 0. The Morgan fingerprint density at radius 1 is 1.30 bits per heavy atom. The lowest BCUT2D eigenvalue weighted by molar-refractivity contribution is -0.132. The minimum absolute atomic E-state index is 0.0219. The fraction of sp³-hybridized carbons (Fsp3) is 0.476.